The molecule has 2 rings (SSSR count). The number of nitrogens with one attached hydrogen (secondary N) is 1. The molecule has 0 saturated carbocycles. The van der Waals surface area contributed by atoms with E-state index in [4.69, 9.17) is 4.74 Å². The zero-order valence-electron chi connectivity index (χ0n) is 10.9. The number of ketones is 1. The number of Topliss-reactive ketones (excluding diaryl/α,β-unsaturated/α-hetero) is 1. The number of carbonyl (C=O) groups is 1. The minimum absolute atomic E-state index is 0.119. The monoisotopic (exact) mass is 257 g/mol. The van der Waals surface area contributed by atoms with Crippen LogP contribution < -0.4 is 10.2 Å². The highest BCUT2D eigenvalue weighted by Gasteiger charge is 2.13. The van der Waals surface area contributed by atoms with E-state index in [0.717, 1.165) is 5.56 Å². The zero-order chi connectivity index (χ0) is 13.8. The van der Waals surface area contributed by atoms with Gasteiger partial charge in [0, 0.05) is 6.20 Å². The smallest absolute Gasteiger partial charge is 0.234 e. The van der Waals surface area contributed by atoms with E-state index < -0.39 is 0 Å². The molecule has 0 unspecified atom stereocenters. The standard InChI is InChI=1S/C15H15NO3/c1-10-15(14(18)13(8-16-10)11(2)17)19-9-12-6-4-3-5-7-12/h3-8H,9H2,1-2H3,(H,16,18). The molecule has 2 aromatic rings. The van der Waals surface area contributed by atoms with Crippen LogP contribution in [0.4, 0.5) is 0 Å². The van der Waals surface area contributed by atoms with Gasteiger partial charge in [-0.15, -0.1) is 0 Å². The van der Waals surface area contributed by atoms with Crippen molar-refractivity contribution < 1.29 is 9.53 Å². The SMILES string of the molecule is CC(=O)c1c[nH]c(C)c(OCc2ccccc2)c1=O. The summed E-state index contributed by atoms with van der Waals surface area (Å²) in [5.74, 6) is -0.0673. The summed E-state index contributed by atoms with van der Waals surface area (Å²) in [5, 5.41) is 0. The van der Waals surface area contributed by atoms with Crippen LogP contribution >= 0.6 is 0 Å². The summed E-state index contributed by atoms with van der Waals surface area (Å²) < 4.78 is 5.55. The number of carbonyl (C=O) groups excluding carboxylic acids is 1. The number of ether oxygens (including phenoxy) is 1. The van der Waals surface area contributed by atoms with Crippen LogP contribution in [0.25, 0.3) is 0 Å². The zero-order valence-corrected chi connectivity index (χ0v) is 10.9. The number of pyridine rings is 1. The van der Waals surface area contributed by atoms with Crippen LogP contribution in [0.3, 0.4) is 0 Å². The number of aromatic amines is 1. The van der Waals surface area contributed by atoms with E-state index in [9.17, 15) is 9.59 Å². The summed E-state index contributed by atoms with van der Waals surface area (Å²) in [4.78, 5) is 26.3. The fourth-order valence-electron chi connectivity index (χ4n) is 1.77. The third kappa shape index (κ3) is 2.91. The number of aryl methyl sites for hydroxylation is 1. The van der Waals surface area contributed by atoms with Crippen molar-refractivity contribution in [2.45, 2.75) is 20.5 Å². The summed E-state index contributed by atoms with van der Waals surface area (Å²) in [6.07, 6.45) is 1.43. The first kappa shape index (κ1) is 13.1. The second kappa shape index (κ2) is 5.52. The summed E-state index contributed by atoms with van der Waals surface area (Å²) in [7, 11) is 0. The van der Waals surface area contributed by atoms with E-state index in [-0.39, 0.29) is 22.5 Å². The van der Waals surface area contributed by atoms with E-state index in [0.29, 0.717) is 12.3 Å². The van der Waals surface area contributed by atoms with Crippen molar-refractivity contribution in [3.63, 3.8) is 0 Å². The minimum atomic E-state index is -0.361. The lowest BCUT2D eigenvalue weighted by Gasteiger charge is -2.09. The Morgan fingerprint density at radius 1 is 1.26 bits per heavy atom. The predicted molar refractivity (Wildman–Crippen MR) is 72.6 cm³/mol. The molecule has 4 heteroatoms. The summed E-state index contributed by atoms with van der Waals surface area (Å²) >= 11 is 0. The lowest BCUT2D eigenvalue weighted by atomic mass is 10.1. The second-order valence-electron chi connectivity index (χ2n) is 4.32. The van der Waals surface area contributed by atoms with Gasteiger partial charge in [-0.3, -0.25) is 9.59 Å². The molecule has 0 fully saturated rings. The predicted octanol–water partition coefficient (Wildman–Crippen LogP) is 2.46. The Balaban J connectivity index is 2.28. The first-order chi connectivity index (χ1) is 9.09. The highest BCUT2D eigenvalue weighted by Crippen LogP contribution is 2.13. The molecule has 0 aliphatic carbocycles. The number of rotatable bonds is 4. The van der Waals surface area contributed by atoms with Gasteiger partial charge in [0.25, 0.3) is 0 Å². The molecule has 98 valence electrons. The highest BCUT2D eigenvalue weighted by atomic mass is 16.5. The molecule has 0 spiro atoms. The molecule has 1 heterocycles. The van der Waals surface area contributed by atoms with Crippen LogP contribution in [0.1, 0.15) is 28.5 Å². The van der Waals surface area contributed by atoms with E-state index in [1.807, 2.05) is 30.3 Å². The maximum atomic E-state index is 12.1. The molecule has 1 aromatic heterocycles. The summed E-state index contributed by atoms with van der Waals surface area (Å²) in [6, 6.07) is 9.55. The van der Waals surface area contributed by atoms with Gasteiger partial charge in [0.2, 0.25) is 5.43 Å². The Morgan fingerprint density at radius 3 is 2.58 bits per heavy atom. The van der Waals surface area contributed by atoms with Gasteiger partial charge in [0.05, 0.1) is 11.3 Å². The average molecular weight is 257 g/mol. The van der Waals surface area contributed by atoms with Crippen molar-refractivity contribution in [2.75, 3.05) is 0 Å². The molecule has 1 N–H and O–H groups in total. The molecule has 0 atom stereocenters. The number of hydrogen-bond donors (Lipinski definition) is 1. The van der Waals surface area contributed by atoms with E-state index in [1.54, 1.807) is 6.92 Å². The Bertz CT molecular complexity index is 644. The Morgan fingerprint density at radius 2 is 1.95 bits per heavy atom. The Kier molecular flexibility index (Phi) is 3.80. The van der Waals surface area contributed by atoms with E-state index in [2.05, 4.69) is 4.98 Å². The molecule has 19 heavy (non-hydrogen) atoms. The topological polar surface area (TPSA) is 59.2 Å². The average Bonchev–Trinajstić information content (AvgIpc) is 2.39. The Labute approximate surface area is 111 Å². The van der Waals surface area contributed by atoms with Gasteiger partial charge >= 0.3 is 0 Å². The van der Waals surface area contributed by atoms with Crippen molar-refractivity contribution in [3.8, 4) is 5.75 Å². The minimum Gasteiger partial charge on any atom is -0.483 e. The summed E-state index contributed by atoms with van der Waals surface area (Å²) in [5.41, 5.74) is 1.34. The van der Waals surface area contributed by atoms with Crippen molar-refractivity contribution >= 4 is 5.78 Å². The maximum absolute atomic E-state index is 12.1. The van der Waals surface area contributed by atoms with Crippen LogP contribution in [0.2, 0.25) is 0 Å². The van der Waals surface area contributed by atoms with E-state index >= 15 is 0 Å². The molecule has 0 aliphatic rings. The first-order valence-electron chi connectivity index (χ1n) is 5.99. The molecule has 0 amide bonds. The highest BCUT2D eigenvalue weighted by molar-refractivity contribution is 5.94. The van der Waals surface area contributed by atoms with Crippen LogP contribution in [0, 0.1) is 6.92 Å². The van der Waals surface area contributed by atoms with Crippen LogP contribution in [-0.4, -0.2) is 10.8 Å². The third-order valence-electron chi connectivity index (χ3n) is 2.83. The van der Waals surface area contributed by atoms with Crippen molar-refractivity contribution in [1.82, 2.24) is 4.98 Å². The van der Waals surface area contributed by atoms with Gasteiger partial charge in [-0.05, 0) is 19.4 Å². The number of benzene rings is 1. The molecule has 0 bridgehead atoms. The Hall–Kier alpha value is -2.36. The van der Waals surface area contributed by atoms with E-state index in [1.165, 1.54) is 13.1 Å². The van der Waals surface area contributed by atoms with Gasteiger partial charge in [-0.1, -0.05) is 30.3 Å². The molecular formula is C15H15NO3. The van der Waals surface area contributed by atoms with Gasteiger partial charge in [0.15, 0.2) is 11.5 Å². The normalized spacial score (nSPS) is 10.2. The maximum Gasteiger partial charge on any atom is 0.234 e. The fourth-order valence-corrected chi connectivity index (χ4v) is 1.77. The molecular weight excluding hydrogens is 242 g/mol. The lowest BCUT2D eigenvalue weighted by molar-refractivity contribution is 0.101. The number of H-pyrrole nitrogens is 1. The summed E-state index contributed by atoms with van der Waals surface area (Å²) in [6.45, 7) is 3.40. The lowest BCUT2D eigenvalue weighted by Crippen LogP contribution is -2.18. The number of aromatic nitrogens is 1. The molecule has 0 aliphatic heterocycles. The molecule has 0 saturated heterocycles. The number of hydrogen-bond acceptors (Lipinski definition) is 3. The van der Waals surface area contributed by atoms with Crippen LogP contribution in [0.15, 0.2) is 41.3 Å². The van der Waals surface area contributed by atoms with Crippen molar-refractivity contribution in [2.24, 2.45) is 0 Å². The quantitative estimate of drug-likeness (QED) is 0.856. The van der Waals surface area contributed by atoms with Crippen LogP contribution in [-0.2, 0) is 6.61 Å². The largest absolute Gasteiger partial charge is 0.483 e. The van der Waals surface area contributed by atoms with Gasteiger partial charge in [0.1, 0.15) is 6.61 Å². The van der Waals surface area contributed by atoms with Crippen LogP contribution in [0.5, 0.6) is 5.75 Å². The van der Waals surface area contributed by atoms with Gasteiger partial charge < -0.3 is 9.72 Å². The molecule has 1 aromatic carbocycles. The first-order valence-corrected chi connectivity index (χ1v) is 5.99. The molecule has 4 nitrogen and oxygen atoms in total. The van der Waals surface area contributed by atoms with Crippen molar-refractivity contribution in [1.29, 1.82) is 0 Å². The van der Waals surface area contributed by atoms with Gasteiger partial charge in [-0.25, -0.2) is 0 Å². The van der Waals surface area contributed by atoms with Crippen molar-refractivity contribution in [3.05, 3.63) is 63.6 Å². The fraction of sp³-hybridized carbons (Fsp3) is 0.200. The third-order valence-corrected chi connectivity index (χ3v) is 2.83. The van der Waals surface area contributed by atoms with Gasteiger partial charge in [-0.2, -0.15) is 0 Å². The molecule has 0 radical (unpaired) electrons. The second-order valence-corrected chi connectivity index (χ2v) is 4.32.